The lowest BCUT2D eigenvalue weighted by molar-refractivity contribution is -0.380. The van der Waals surface area contributed by atoms with E-state index in [0.29, 0.717) is 40.3 Å². The Bertz CT molecular complexity index is 918. The zero-order chi connectivity index (χ0) is 20.3. The topological polar surface area (TPSA) is 101 Å². The first-order valence-electron chi connectivity index (χ1n) is 8.45. The van der Waals surface area contributed by atoms with Crippen molar-refractivity contribution in [1.82, 2.24) is 9.80 Å². The molecule has 1 aliphatic heterocycles. The van der Waals surface area contributed by atoms with Gasteiger partial charge in [-0.05, 0) is 18.2 Å². The van der Waals surface area contributed by atoms with Crippen LogP contribution in [0.2, 0.25) is 4.34 Å². The number of thiophene rings is 2. The lowest BCUT2D eigenvalue weighted by Crippen LogP contribution is -2.50. The van der Waals surface area contributed by atoms with E-state index < -0.39 is 4.92 Å². The van der Waals surface area contributed by atoms with Crippen molar-refractivity contribution in [3.05, 3.63) is 48.5 Å². The van der Waals surface area contributed by atoms with Crippen LogP contribution in [0.1, 0.15) is 32.2 Å². The van der Waals surface area contributed by atoms with E-state index in [1.807, 2.05) is 0 Å². The number of ketones is 1. The molecule has 8 nitrogen and oxygen atoms in total. The zero-order valence-electron chi connectivity index (χ0n) is 14.6. The molecule has 1 saturated heterocycles. The summed E-state index contributed by atoms with van der Waals surface area (Å²) < 4.78 is 0.534. The van der Waals surface area contributed by atoms with Gasteiger partial charge in [0.15, 0.2) is 5.78 Å². The van der Waals surface area contributed by atoms with Crippen LogP contribution in [0.4, 0.5) is 5.00 Å². The molecule has 11 heteroatoms. The Hall–Kier alpha value is -2.30. The minimum absolute atomic E-state index is 0.0751. The molecular formula is C17H16ClN3O5S2. The van der Waals surface area contributed by atoms with Gasteiger partial charge in [0.2, 0.25) is 5.91 Å². The highest BCUT2D eigenvalue weighted by Crippen LogP contribution is 2.26. The zero-order valence-corrected chi connectivity index (χ0v) is 17.0. The number of Topliss-reactive ketones (excluding diaryl/α,β-unsaturated/α-hetero) is 1. The molecule has 28 heavy (non-hydrogen) atoms. The van der Waals surface area contributed by atoms with Gasteiger partial charge in [-0.3, -0.25) is 24.5 Å². The summed E-state index contributed by atoms with van der Waals surface area (Å²) >= 11 is 7.85. The van der Waals surface area contributed by atoms with Crippen LogP contribution in [0.3, 0.4) is 0 Å². The van der Waals surface area contributed by atoms with E-state index in [2.05, 4.69) is 0 Å². The molecule has 3 rings (SSSR count). The lowest BCUT2D eigenvalue weighted by Gasteiger charge is -2.34. The van der Waals surface area contributed by atoms with E-state index in [1.54, 1.807) is 21.9 Å². The lowest BCUT2D eigenvalue weighted by atomic mass is 10.1. The fourth-order valence-electron chi connectivity index (χ4n) is 2.82. The van der Waals surface area contributed by atoms with Gasteiger partial charge in [0.1, 0.15) is 0 Å². The standard InChI is InChI=1S/C17H16ClN3O5S2/c18-14-4-2-12(27-14)11(22)1-5-15(23)19-7-9-20(10-8-19)17(24)13-3-6-16(28-13)21(25)26/h2-4,6H,1,5,7-10H2. The Kier molecular flexibility index (Phi) is 6.42. The second-order valence-electron chi connectivity index (χ2n) is 6.09. The molecule has 0 aromatic carbocycles. The Labute approximate surface area is 173 Å². The number of hydrogen-bond acceptors (Lipinski definition) is 7. The highest BCUT2D eigenvalue weighted by atomic mass is 35.5. The van der Waals surface area contributed by atoms with Gasteiger partial charge in [-0.15, -0.1) is 11.3 Å². The van der Waals surface area contributed by atoms with Crippen molar-refractivity contribution in [3.8, 4) is 0 Å². The van der Waals surface area contributed by atoms with E-state index in [0.717, 1.165) is 11.3 Å². The van der Waals surface area contributed by atoms with Crippen LogP contribution >= 0.6 is 34.3 Å². The quantitative estimate of drug-likeness (QED) is 0.389. The summed E-state index contributed by atoms with van der Waals surface area (Å²) in [7, 11) is 0. The average molecular weight is 442 g/mol. The van der Waals surface area contributed by atoms with Crippen LogP contribution in [0, 0.1) is 10.1 Å². The SMILES string of the molecule is O=C(CCC(=O)N1CCN(C(=O)c2ccc([N+](=O)[O-])s2)CC1)c1ccc(Cl)s1. The van der Waals surface area contributed by atoms with Gasteiger partial charge >= 0.3 is 5.00 Å². The third-order valence-corrected chi connectivity index (χ3v) is 6.61. The number of piperazine rings is 1. The summed E-state index contributed by atoms with van der Waals surface area (Å²) in [6.07, 6.45) is 0.229. The predicted molar refractivity (Wildman–Crippen MR) is 106 cm³/mol. The first-order valence-corrected chi connectivity index (χ1v) is 10.5. The fraction of sp³-hybridized carbons (Fsp3) is 0.353. The fourth-order valence-corrected chi connectivity index (χ4v) is 4.62. The Morgan fingerprint density at radius 1 is 0.964 bits per heavy atom. The number of hydrogen-bond donors (Lipinski definition) is 0. The molecule has 2 amide bonds. The van der Waals surface area contributed by atoms with Crippen molar-refractivity contribution in [2.24, 2.45) is 0 Å². The van der Waals surface area contributed by atoms with Crippen LogP contribution in [-0.2, 0) is 4.79 Å². The Morgan fingerprint density at radius 3 is 2.18 bits per heavy atom. The number of halogens is 1. The summed E-state index contributed by atoms with van der Waals surface area (Å²) in [4.78, 5) is 51.1. The molecular weight excluding hydrogens is 426 g/mol. The van der Waals surface area contributed by atoms with Crippen molar-refractivity contribution in [2.75, 3.05) is 26.2 Å². The molecule has 3 heterocycles. The van der Waals surface area contributed by atoms with Crippen LogP contribution in [0.15, 0.2) is 24.3 Å². The number of nitro groups is 1. The van der Waals surface area contributed by atoms with Gasteiger partial charge in [-0.2, -0.15) is 0 Å². The molecule has 0 bridgehead atoms. The molecule has 148 valence electrons. The number of rotatable bonds is 6. The van der Waals surface area contributed by atoms with Gasteiger partial charge in [-0.25, -0.2) is 0 Å². The molecule has 0 aliphatic carbocycles. The third kappa shape index (κ3) is 4.75. The van der Waals surface area contributed by atoms with E-state index >= 15 is 0 Å². The normalized spacial score (nSPS) is 14.2. The maximum Gasteiger partial charge on any atom is 0.324 e. The number of amides is 2. The second kappa shape index (κ2) is 8.80. The molecule has 0 spiro atoms. The van der Waals surface area contributed by atoms with E-state index in [4.69, 9.17) is 11.6 Å². The molecule has 0 N–H and O–H groups in total. The van der Waals surface area contributed by atoms with Gasteiger partial charge in [0.25, 0.3) is 5.91 Å². The van der Waals surface area contributed by atoms with Gasteiger partial charge in [0, 0.05) is 45.1 Å². The molecule has 0 saturated carbocycles. The summed E-state index contributed by atoms with van der Waals surface area (Å²) in [5.41, 5.74) is 0. The molecule has 1 aliphatic rings. The summed E-state index contributed by atoms with van der Waals surface area (Å²) in [5, 5.41) is 10.7. The van der Waals surface area contributed by atoms with Crippen molar-refractivity contribution in [2.45, 2.75) is 12.8 Å². The van der Waals surface area contributed by atoms with Crippen molar-refractivity contribution >= 4 is 56.9 Å². The smallest absolute Gasteiger partial charge is 0.324 e. The average Bonchev–Trinajstić information content (AvgIpc) is 3.35. The van der Waals surface area contributed by atoms with Crippen molar-refractivity contribution < 1.29 is 19.3 Å². The van der Waals surface area contributed by atoms with E-state index in [1.165, 1.54) is 23.5 Å². The van der Waals surface area contributed by atoms with Gasteiger partial charge in [-0.1, -0.05) is 22.9 Å². The maximum absolute atomic E-state index is 12.4. The number of carbonyl (C=O) groups excluding carboxylic acids is 3. The monoisotopic (exact) mass is 441 g/mol. The van der Waals surface area contributed by atoms with Crippen molar-refractivity contribution in [3.63, 3.8) is 0 Å². The first kappa shape index (κ1) is 20.4. The number of carbonyl (C=O) groups is 3. The van der Waals surface area contributed by atoms with Crippen LogP contribution < -0.4 is 0 Å². The molecule has 2 aromatic heterocycles. The molecule has 0 radical (unpaired) electrons. The molecule has 1 fully saturated rings. The Morgan fingerprint density at radius 2 is 1.61 bits per heavy atom. The van der Waals surface area contributed by atoms with E-state index in [9.17, 15) is 24.5 Å². The molecule has 0 unspecified atom stereocenters. The van der Waals surface area contributed by atoms with Crippen LogP contribution in [-0.4, -0.2) is 58.5 Å². The molecule has 2 aromatic rings. The molecule has 0 atom stereocenters. The predicted octanol–water partition coefficient (Wildman–Crippen LogP) is 3.32. The minimum atomic E-state index is -0.524. The third-order valence-electron chi connectivity index (χ3n) is 4.32. The maximum atomic E-state index is 12.4. The summed E-state index contributed by atoms with van der Waals surface area (Å²) in [6.45, 7) is 1.45. The Balaban J connectivity index is 1.47. The minimum Gasteiger partial charge on any atom is -0.339 e. The van der Waals surface area contributed by atoms with Crippen LogP contribution in [0.25, 0.3) is 0 Å². The highest BCUT2D eigenvalue weighted by molar-refractivity contribution is 7.18. The highest BCUT2D eigenvalue weighted by Gasteiger charge is 2.27. The summed E-state index contributed by atoms with van der Waals surface area (Å²) in [6, 6.07) is 6.07. The van der Waals surface area contributed by atoms with Crippen LogP contribution in [0.5, 0.6) is 0 Å². The number of nitrogens with zero attached hydrogens (tertiary/aromatic N) is 3. The van der Waals surface area contributed by atoms with Gasteiger partial charge in [0.05, 0.1) is 19.0 Å². The second-order valence-corrected chi connectivity index (χ2v) is 8.87. The summed E-state index contributed by atoms with van der Waals surface area (Å²) in [5.74, 6) is -0.511. The largest absolute Gasteiger partial charge is 0.339 e. The van der Waals surface area contributed by atoms with Gasteiger partial charge < -0.3 is 9.80 Å². The first-order chi connectivity index (χ1) is 13.3. The van der Waals surface area contributed by atoms with Crippen molar-refractivity contribution in [1.29, 1.82) is 0 Å². The van der Waals surface area contributed by atoms with E-state index in [-0.39, 0.29) is 35.4 Å².